The van der Waals surface area contributed by atoms with Crippen LogP contribution in [0.25, 0.3) is 10.9 Å². The first kappa shape index (κ1) is 17.7. The first-order valence-corrected chi connectivity index (χ1v) is 7.12. The molecule has 0 amide bonds. The van der Waals surface area contributed by atoms with E-state index in [0.717, 1.165) is 34.5 Å². The Morgan fingerprint density at radius 2 is 1.95 bits per heavy atom. The Kier molecular flexibility index (Phi) is 6.08. The predicted molar refractivity (Wildman–Crippen MR) is 85.5 cm³/mol. The van der Waals surface area contributed by atoms with Gasteiger partial charge in [-0.25, -0.2) is 0 Å². The molecule has 0 radical (unpaired) electrons. The second kappa shape index (κ2) is 7.57. The van der Waals surface area contributed by atoms with E-state index in [9.17, 15) is 0 Å². The molecule has 1 heterocycles. The molecule has 2 N–H and O–H groups in total. The second-order valence-electron chi connectivity index (χ2n) is 5.89. The molecule has 0 unspecified atom stereocenters. The van der Waals surface area contributed by atoms with Crippen molar-refractivity contribution >= 4 is 22.7 Å². The Morgan fingerprint density at radius 1 is 1.32 bits per heavy atom. The number of benzene rings is 1. The van der Waals surface area contributed by atoms with Crippen molar-refractivity contribution in [3.63, 3.8) is 0 Å². The molecule has 0 aliphatic rings. The smallest absolute Gasteiger partial charge is 0.373 e. The molecule has 0 aliphatic heterocycles. The van der Waals surface area contributed by atoms with Crippen LogP contribution in [0.15, 0.2) is 24.3 Å². The van der Waals surface area contributed by atoms with Gasteiger partial charge in [0, 0.05) is 11.4 Å². The summed E-state index contributed by atoms with van der Waals surface area (Å²) in [7, 11) is 0. The Hall–Kier alpha value is -2.39. The van der Waals surface area contributed by atoms with E-state index >= 15 is 0 Å². The van der Waals surface area contributed by atoms with Crippen LogP contribution in [0.2, 0.25) is 0 Å². The highest BCUT2D eigenvalue weighted by Crippen LogP contribution is 2.31. The van der Waals surface area contributed by atoms with Gasteiger partial charge in [0.2, 0.25) is 0 Å². The lowest BCUT2D eigenvalue weighted by atomic mass is 9.92. The van der Waals surface area contributed by atoms with E-state index in [4.69, 9.17) is 20.1 Å². The lowest BCUT2D eigenvalue weighted by molar-refractivity contribution is -0.191. The fraction of sp³-hybridized carbons (Fsp3) is 0.412. The van der Waals surface area contributed by atoms with Gasteiger partial charge in [0.25, 0.3) is 0 Å². The Morgan fingerprint density at radius 3 is 2.55 bits per heavy atom. The quantitative estimate of drug-likeness (QED) is 0.936. The minimum absolute atomic E-state index is 0.162. The van der Waals surface area contributed by atoms with Gasteiger partial charge in [0.05, 0.1) is 17.5 Å². The number of anilines is 1. The molecule has 2 rings (SSSR count). The molecule has 118 valence electrons. The monoisotopic (exact) mass is 302 g/mol. The third-order valence-corrected chi connectivity index (χ3v) is 3.53. The zero-order valence-electron chi connectivity index (χ0n) is 13.5. The number of nitrogen functional groups attached to an aromatic ring is 1. The number of hydrogen-bond donors (Lipinski definition) is 1. The van der Waals surface area contributed by atoms with E-state index in [1.165, 1.54) is 0 Å². The van der Waals surface area contributed by atoms with E-state index in [0.29, 0.717) is 6.61 Å². The first-order chi connectivity index (χ1) is 10.3. The molecule has 5 nitrogen and oxygen atoms in total. The summed E-state index contributed by atoms with van der Waals surface area (Å²) in [5.74, 6) is 0.823. The molecular formula is C17H22N2O3. The lowest BCUT2D eigenvalue weighted by Crippen LogP contribution is -2.20. The summed E-state index contributed by atoms with van der Waals surface area (Å²) in [6.07, 6.45) is 1.32. The standard InChI is InChI=1S/C16H22N2O.CO2/c1-5-16(3,4)10-19-14-8-6-7-13-15(14)12(17)9-11(2)18-13;2-1-3/h6-9H,5,10H2,1-4H3,(H2,17,18);. The van der Waals surface area contributed by atoms with E-state index in [1.807, 2.05) is 31.2 Å². The van der Waals surface area contributed by atoms with E-state index < -0.39 is 0 Å². The largest absolute Gasteiger partial charge is 0.492 e. The number of rotatable bonds is 4. The second-order valence-corrected chi connectivity index (χ2v) is 5.89. The molecule has 0 saturated heterocycles. The molecule has 0 spiro atoms. The van der Waals surface area contributed by atoms with E-state index in [1.54, 1.807) is 0 Å². The van der Waals surface area contributed by atoms with Crippen LogP contribution in [0.1, 0.15) is 32.9 Å². The van der Waals surface area contributed by atoms with Crippen molar-refractivity contribution in [2.24, 2.45) is 5.41 Å². The van der Waals surface area contributed by atoms with Gasteiger partial charge in [-0.3, -0.25) is 4.98 Å². The molecule has 1 aromatic carbocycles. The third kappa shape index (κ3) is 4.57. The third-order valence-electron chi connectivity index (χ3n) is 3.53. The summed E-state index contributed by atoms with van der Waals surface area (Å²) in [6, 6.07) is 7.78. The van der Waals surface area contributed by atoms with Crippen molar-refractivity contribution < 1.29 is 14.3 Å². The van der Waals surface area contributed by atoms with Crippen molar-refractivity contribution in [1.29, 1.82) is 0 Å². The van der Waals surface area contributed by atoms with Gasteiger partial charge in [-0.2, -0.15) is 9.59 Å². The van der Waals surface area contributed by atoms with Crippen molar-refractivity contribution in [2.45, 2.75) is 34.1 Å². The van der Waals surface area contributed by atoms with E-state index in [-0.39, 0.29) is 11.6 Å². The fourth-order valence-corrected chi connectivity index (χ4v) is 1.92. The maximum Gasteiger partial charge on any atom is 0.373 e. The number of ether oxygens (including phenoxy) is 1. The maximum absolute atomic E-state index is 8.12. The SMILES string of the molecule is CCC(C)(C)COc1cccc2nc(C)cc(N)c12.O=C=O. The molecule has 5 heteroatoms. The van der Waals surface area contributed by atoms with Gasteiger partial charge in [-0.1, -0.05) is 26.8 Å². The number of fused-ring (bicyclic) bond motifs is 1. The maximum atomic E-state index is 8.12. The highest BCUT2D eigenvalue weighted by Gasteiger charge is 2.17. The molecule has 0 fully saturated rings. The molecule has 0 saturated carbocycles. The molecule has 0 aliphatic carbocycles. The Bertz CT molecular complexity index is 675. The molecular weight excluding hydrogens is 280 g/mol. The van der Waals surface area contributed by atoms with Gasteiger partial charge < -0.3 is 10.5 Å². The molecule has 2 aromatic rings. The van der Waals surface area contributed by atoms with Gasteiger partial charge in [-0.05, 0) is 37.0 Å². The summed E-state index contributed by atoms with van der Waals surface area (Å²) in [4.78, 5) is 20.8. The number of nitrogens with two attached hydrogens (primary N) is 1. The van der Waals surface area contributed by atoms with Gasteiger partial charge in [0.15, 0.2) is 0 Å². The van der Waals surface area contributed by atoms with Crippen molar-refractivity contribution in [1.82, 2.24) is 4.98 Å². The molecule has 0 atom stereocenters. The zero-order chi connectivity index (χ0) is 16.8. The number of aromatic nitrogens is 1. The lowest BCUT2D eigenvalue weighted by Gasteiger charge is -2.23. The summed E-state index contributed by atoms with van der Waals surface area (Å²) in [5, 5.41) is 0.917. The minimum Gasteiger partial charge on any atom is -0.492 e. The van der Waals surface area contributed by atoms with Gasteiger partial charge >= 0.3 is 6.15 Å². The van der Waals surface area contributed by atoms with Crippen LogP contribution in [-0.2, 0) is 9.59 Å². The number of carbonyl (C=O) groups excluding carboxylic acids is 2. The summed E-state index contributed by atoms with van der Waals surface area (Å²) in [5.41, 5.74) is 8.82. The minimum atomic E-state index is 0.162. The average Bonchev–Trinajstić information content (AvgIpc) is 2.45. The summed E-state index contributed by atoms with van der Waals surface area (Å²) >= 11 is 0. The van der Waals surface area contributed by atoms with Crippen molar-refractivity contribution in [2.75, 3.05) is 12.3 Å². The predicted octanol–water partition coefficient (Wildman–Crippen LogP) is 3.36. The highest BCUT2D eigenvalue weighted by molar-refractivity contribution is 5.95. The van der Waals surface area contributed by atoms with Crippen LogP contribution in [0.5, 0.6) is 5.75 Å². The normalized spacial score (nSPS) is 10.5. The molecule has 1 aromatic heterocycles. The van der Waals surface area contributed by atoms with Crippen LogP contribution >= 0.6 is 0 Å². The molecule has 22 heavy (non-hydrogen) atoms. The van der Waals surface area contributed by atoms with Crippen LogP contribution in [0, 0.1) is 12.3 Å². The summed E-state index contributed by atoms with van der Waals surface area (Å²) < 4.78 is 5.98. The Labute approximate surface area is 130 Å². The van der Waals surface area contributed by atoms with Crippen molar-refractivity contribution in [3.05, 3.63) is 30.0 Å². The van der Waals surface area contributed by atoms with Crippen LogP contribution < -0.4 is 10.5 Å². The van der Waals surface area contributed by atoms with Gasteiger partial charge in [0.1, 0.15) is 5.75 Å². The highest BCUT2D eigenvalue weighted by atomic mass is 16.5. The van der Waals surface area contributed by atoms with E-state index in [2.05, 4.69) is 25.8 Å². The number of hydrogen-bond acceptors (Lipinski definition) is 5. The summed E-state index contributed by atoms with van der Waals surface area (Å²) in [6.45, 7) is 9.19. The average molecular weight is 302 g/mol. The topological polar surface area (TPSA) is 82.3 Å². The number of pyridine rings is 1. The number of nitrogens with zero attached hydrogens (tertiary/aromatic N) is 1. The van der Waals surface area contributed by atoms with Crippen molar-refractivity contribution in [3.8, 4) is 5.75 Å². The number of aryl methyl sites for hydroxylation is 1. The van der Waals surface area contributed by atoms with Crippen LogP contribution in [-0.4, -0.2) is 17.7 Å². The fourth-order valence-electron chi connectivity index (χ4n) is 1.92. The first-order valence-electron chi connectivity index (χ1n) is 7.12. The van der Waals surface area contributed by atoms with Gasteiger partial charge in [-0.15, -0.1) is 0 Å². The van der Waals surface area contributed by atoms with Crippen LogP contribution in [0.3, 0.4) is 0 Å². The molecule has 0 bridgehead atoms. The zero-order valence-corrected chi connectivity index (χ0v) is 13.5. The Balaban J connectivity index is 0.000000745. The van der Waals surface area contributed by atoms with Crippen LogP contribution in [0.4, 0.5) is 5.69 Å².